The Morgan fingerprint density at radius 1 is 0.620 bits per heavy atom. The molecule has 2 fully saturated rings. The van der Waals surface area contributed by atoms with E-state index < -0.39 is 41.3 Å². The van der Waals surface area contributed by atoms with Crippen LogP contribution in [0.15, 0.2) is 122 Å². The number of aromatic nitrogens is 4. The number of anilines is 12. The molecule has 408 valence electrons. The van der Waals surface area contributed by atoms with Gasteiger partial charge in [-0.25, -0.2) is 9.97 Å². The second kappa shape index (κ2) is 25.5. The van der Waals surface area contributed by atoms with Gasteiger partial charge in [0, 0.05) is 84.9 Å². The molecular formula is C55H57Cl2N15O7. The molecule has 1 unspecified atom stereocenters. The number of carbonyl (C=O) groups excluding carboxylic acids is 6. The number of carbonyl (C=O) groups is 6. The fourth-order valence-electron chi connectivity index (χ4n) is 8.35. The minimum Gasteiger partial charge on any atom is -0.370 e. The predicted molar refractivity (Wildman–Crippen MR) is 307 cm³/mol. The number of halogens is 2. The normalized spacial score (nSPS) is 14.4. The molecule has 0 radical (unpaired) electrons. The Labute approximate surface area is 465 Å². The number of para-hydroxylation sites is 2. The maximum absolute atomic E-state index is 13.9. The molecule has 8 rings (SSSR count). The number of nitrogens with zero attached hydrogens (tertiary/aromatic N) is 9. The summed E-state index contributed by atoms with van der Waals surface area (Å²) in [5, 5.41) is 18.8. The smallest absolute Gasteiger partial charge is 0.294 e. The average molecular weight is 1110 g/mol. The van der Waals surface area contributed by atoms with Crippen LogP contribution in [0.4, 0.5) is 69.0 Å². The highest BCUT2D eigenvalue weighted by molar-refractivity contribution is 6.44. The summed E-state index contributed by atoms with van der Waals surface area (Å²) in [4.78, 5) is 104. The summed E-state index contributed by atoms with van der Waals surface area (Å²) in [5.74, 6) is -3.00. The lowest BCUT2D eigenvalue weighted by Gasteiger charge is -2.35. The van der Waals surface area contributed by atoms with Crippen molar-refractivity contribution in [3.63, 3.8) is 0 Å². The summed E-state index contributed by atoms with van der Waals surface area (Å²) < 4.78 is 6.11. The van der Waals surface area contributed by atoms with Crippen LogP contribution in [0, 0.1) is 0 Å². The molecule has 4 amide bonds. The molecule has 0 spiro atoms. The maximum Gasteiger partial charge on any atom is 0.294 e. The molecule has 22 nitrogen and oxygen atoms in total. The number of morpholine rings is 1. The van der Waals surface area contributed by atoms with Gasteiger partial charge in [-0.05, 0) is 79.9 Å². The molecule has 4 heterocycles. The monoisotopic (exact) mass is 1110 g/mol. The van der Waals surface area contributed by atoms with Crippen LogP contribution in [0.5, 0.6) is 0 Å². The van der Waals surface area contributed by atoms with Crippen molar-refractivity contribution in [2.24, 2.45) is 0 Å². The van der Waals surface area contributed by atoms with E-state index in [1.165, 1.54) is 68.6 Å². The highest BCUT2D eigenvalue weighted by atomic mass is 35.5. The van der Waals surface area contributed by atoms with E-state index >= 15 is 0 Å². The first-order valence-electron chi connectivity index (χ1n) is 24.8. The lowest BCUT2D eigenvalue weighted by atomic mass is 10.1. The number of amides is 4. The van der Waals surface area contributed by atoms with E-state index in [4.69, 9.17) is 27.9 Å². The van der Waals surface area contributed by atoms with Crippen LogP contribution in [0.1, 0.15) is 20.7 Å². The van der Waals surface area contributed by atoms with Gasteiger partial charge in [-0.15, -0.1) is 0 Å². The number of piperazine rings is 1. The number of hydrogen-bond acceptors (Lipinski definition) is 18. The van der Waals surface area contributed by atoms with Crippen molar-refractivity contribution in [1.82, 2.24) is 34.6 Å². The largest absolute Gasteiger partial charge is 0.370 e. The van der Waals surface area contributed by atoms with Gasteiger partial charge in [0.05, 0.1) is 70.4 Å². The molecule has 24 heteroatoms. The SMILES string of the molecule is C=CC(=O)Nc1cc(Nc2ncc(Cl)c(Nc3ccccc3C(=O)C(=O)N(C)C)n2)ccc1N1CCOC(/C=C/C(=O)Nc2cc(Nc3ncc(Cl)c(Nc4ccccc4C(=O)C(=O)N(C)C)n3)ccc2N2CCN(C)CC2)C1. The number of Topliss-reactive ketones (excluding diaryl/α,β-unsaturated/α-hetero) is 2. The van der Waals surface area contributed by atoms with Gasteiger partial charge in [0.1, 0.15) is 10.0 Å². The number of ketones is 2. The van der Waals surface area contributed by atoms with Crippen LogP contribution in [-0.2, 0) is 23.9 Å². The van der Waals surface area contributed by atoms with Gasteiger partial charge in [-0.1, -0.05) is 54.0 Å². The molecule has 79 heavy (non-hydrogen) atoms. The van der Waals surface area contributed by atoms with E-state index in [-0.39, 0.29) is 44.7 Å². The van der Waals surface area contributed by atoms with Gasteiger partial charge in [-0.2, -0.15) is 9.97 Å². The number of nitrogens with one attached hydrogen (secondary N) is 6. The van der Waals surface area contributed by atoms with Crippen LogP contribution in [0.25, 0.3) is 0 Å². The van der Waals surface area contributed by atoms with Crippen molar-refractivity contribution in [3.8, 4) is 0 Å². The van der Waals surface area contributed by atoms with Gasteiger partial charge in [-0.3, -0.25) is 28.8 Å². The molecule has 1 atom stereocenters. The molecule has 6 aromatic rings. The van der Waals surface area contributed by atoms with Crippen molar-refractivity contribution in [2.75, 3.05) is 123 Å². The Morgan fingerprint density at radius 2 is 1.10 bits per heavy atom. The zero-order chi connectivity index (χ0) is 56.3. The van der Waals surface area contributed by atoms with Crippen LogP contribution < -0.4 is 41.7 Å². The second-order valence-corrected chi connectivity index (χ2v) is 19.4. The summed E-state index contributed by atoms with van der Waals surface area (Å²) in [6, 6.07) is 23.9. The summed E-state index contributed by atoms with van der Waals surface area (Å²) in [5.41, 5.74) is 4.44. The lowest BCUT2D eigenvalue weighted by Crippen LogP contribution is -2.44. The van der Waals surface area contributed by atoms with Crippen LogP contribution in [-0.4, -0.2) is 157 Å². The van der Waals surface area contributed by atoms with Crippen LogP contribution in [0.3, 0.4) is 0 Å². The van der Waals surface area contributed by atoms with Crippen molar-refractivity contribution < 1.29 is 33.5 Å². The number of likely N-dealkylation sites (N-methyl/N-ethyl adjacent to an activating group) is 3. The zero-order valence-electron chi connectivity index (χ0n) is 43.8. The van der Waals surface area contributed by atoms with Gasteiger partial charge < -0.3 is 61.1 Å². The maximum atomic E-state index is 13.9. The lowest BCUT2D eigenvalue weighted by molar-refractivity contribution is -0.124. The third-order valence-corrected chi connectivity index (χ3v) is 13.0. The third kappa shape index (κ3) is 14.2. The third-order valence-electron chi connectivity index (χ3n) is 12.5. The summed E-state index contributed by atoms with van der Waals surface area (Å²) in [6.07, 6.45) is 6.54. The number of benzene rings is 4. The molecular weight excluding hydrogens is 1050 g/mol. The van der Waals surface area contributed by atoms with Crippen LogP contribution in [0.2, 0.25) is 10.0 Å². The van der Waals surface area contributed by atoms with Crippen molar-refractivity contribution in [2.45, 2.75) is 6.10 Å². The van der Waals surface area contributed by atoms with E-state index in [0.717, 1.165) is 37.9 Å². The predicted octanol–water partition coefficient (Wildman–Crippen LogP) is 7.37. The Kier molecular flexibility index (Phi) is 18.1. The summed E-state index contributed by atoms with van der Waals surface area (Å²) in [7, 11) is 8.05. The fourth-order valence-corrected chi connectivity index (χ4v) is 8.63. The van der Waals surface area contributed by atoms with Crippen molar-refractivity contribution in [1.29, 1.82) is 0 Å². The fraction of sp³-hybridized carbons (Fsp3) is 0.236. The number of rotatable bonds is 19. The average Bonchev–Trinajstić information content (AvgIpc) is 3.51. The van der Waals surface area contributed by atoms with E-state index in [2.05, 4.69) is 75.3 Å². The zero-order valence-corrected chi connectivity index (χ0v) is 45.4. The van der Waals surface area contributed by atoms with Gasteiger partial charge in [0.2, 0.25) is 23.7 Å². The van der Waals surface area contributed by atoms with E-state index in [9.17, 15) is 28.8 Å². The van der Waals surface area contributed by atoms with Gasteiger partial charge in [0.15, 0.2) is 11.6 Å². The minimum absolute atomic E-state index is 0.133. The molecule has 4 aromatic carbocycles. The highest BCUT2D eigenvalue weighted by Gasteiger charge is 2.26. The Bertz CT molecular complexity index is 3350. The first-order chi connectivity index (χ1) is 37.9. The standard InChI is InChI=1S/C55H57Cl2N15O7/c1-7-46(73)62-43-29-34(61-55-59-31-39(57)51(67-55)65-41-15-11-9-13-37(41)49(76)53(78)69(4)5)17-20-45(43)72-26-27-79-35(32-72)18-21-47(74)63-42-28-33(16-19-44(42)71-24-22-70(6)23-25-71)60-54-58-30-38(56)50(66-54)64-40-14-10-8-12-36(40)48(75)52(77)68(2)3/h7-21,28-31,35H,1,22-27,32H2,2-6H3,(H,62,73)(H,63,74)(H2,58,60,64,66)(H2,59,61,65,67)/b21-18+. The molecule has 0 saturated carbocycles. The first-order valence-corrected chi connectivity index (χ1v) is 25.5. The molecule has 0 bridgehead atoms. The Balaban J connectivity index is 0.968. The van der Waals surface area contributed by atoms with Crippen molar-refractivity contribution >= 4 is 127 Å². The summed E-state index contributed by atoms with van der Waals surface area (Å²) >= 11 is 13.0. The molecule has 2 aliphatic rings. The minimum atomic E-state index is -0.711. The molecule has 2 aliphatic heterocycles. The first kappa shape index (κ1) is 56.2. The number of ether oxygens (including phenoxy) is 1. The molecule has 0 aliphatic carbocycles. The Morgan fingerprint density at radius 3 is 1.59 bits per heavy atom. The Hall–Kier alpha value is -8.96. The molecule has 2 aromatic heterocycles. The van der Waals surface area contributed by atoms with Gasteiger partial charge >= 0.3 is 0 Å². The van der Waals surface area contributed by atoms with E-state index in [1.807, 2.05) is 23.1 Å². The van der Waals surface area contributed by atoms with Gasteiger partial charge in [0.25, 0.3) is 23.4 Å². The van der Waals surface area contributed by atoms with Crippen molar-refractivity contribution in [3.05, 3.63) is 143 Å². The van der Waals surface area contributed by atoms with E-state index in [1.54, 1.807) is 60.7 Å². The highest BCUT2D eigenvalue weighted by Crippen LogP contribution is 2.35. The summed E-state index contributed by atoms with van der Waals surface area (Å²) in [6.45, 7) is 7.84. The van der Waals surface area contributed by atoms with Crippen LogP contribution >= 0.6 is 23.2 Å². The molecule has 2 saturated heterocycles. The quantitative estimate of drug-likeness (QED) is 0.0263. The second-order valence-electron chi connectivity index (χ2n) is 18.6. The molecule has 6 N–H and O–H groups in total. The van der Waals surface area contributed by atoms with E-state index in [0.29, 0.717) is 59.5 Å². The topological polar surface area (TPSA) is 252 Å². The number of hydrogen-bond donors (Lipinski definition) is 6.